The molecule has 1 atom stereocenters. The molecule has 0 fully saturated rings. The van der Waals surface area contributed by atoms with E-state index in [0.29, 0.717) is 33.4 Å². The number of carbonyl (C=O) groups excluding carboxylic acids is 4. The van der Waals surface area contributed by atoms with Gasteiger partial charge in [-0.3, -0.25) is 19.2 Å². The van der Waals surface area contributed by atoms with E-state index in [-0.39, 0.29) is 49.2 Å². The molecular weight excluding hydrogens is 761 g/mol. The fraction of sp³-hybridized carbons (Fsp3) is 0.200. The van der Waals surface area contributed by atoms with Gasteiger partial charge in [-0.2, -0.15) is 0 Å². The zero-order valence-corrected chi connectivity index (χ0v) is 35.4. The molecule has 0 aromatic heterocycles. The molecule has 8 rings (SSSR count). The molecule has 58 heavy (non-hydrogen) atoms. The van der Waals surface area contributed by atoms with Crippen LogP contribution < -0.4 is 0 Å². The van der Waals surface area contributed by atoms with Crippen LogP contribution in [-0.2, 0) is 31.6 Å². The lowest BCUT2D eigenvalue weighted by molar-refractivity contribution is 0.0979. The summed E-state index contributed by atoms with van der Waals surface area (Å²) < 4.78 is 29.5. The fourth-order valence-electron chi connectivity index (χ4n) is 7.94. The van der Waals surface area contributed by atoms with Gasteiger partial charge in [-0.1, -0.05) is 102 Å². The van der Waals surface area contributed by atoms with Crippen molar-refractivity contribution in [2.24, 2.45) is 0 Å². The first-order valence-corrected chi connectivity index (χ1v) is 21.9. The second-order valence-electron chi connectivity index (χ2n) is 17.2. The Balaban J connectivity index is 1.33. The molecule has 0 amide bonds. The van der Waals surface area contributed by atoms with Crippen LogP contribution in [0.2, 0.25) is 0 Å². The molecule has 8 heteroatoms. The maximum atomic E-state index is 14.7. The Morgan fingerprint density at radius 2 is 0.931 bits per heavy atom. The second kappa shape index (κ2) is 13.7. The molecule has 0 saturated heterocycles. The Labute approximate surface area is 342 Å². The van der Waals surface area contributed by atoms with Crippen molar-refractivity contribution < 1.29 is 27.6 Å². The smallest absolute Gasteiger partial charge is 0.206 e. The van der Waals surface area contributed by atoms with Crippen LogP contribution in [-0.4, -0.2) is 31.6 Å². The summed E-state index contributed by atoms with van der Waals surface area (Å²) in [6.07, 6.45) is 0. The summed E-state index contributed by atoms with van der Waals surface area (Å²) in [6.45, 7) is 16.5. The first-order chi connectivity index (χ1) is 27.3. The molecule has 0 radical (unpaired) electrons. The summed E-state index contributed by atoms with van der Waals surface area (Å²) >= 11 is 0. The van der Waals surface area contributed by atoms with E-state index in [4.69, 9.17) is 0 Å². The van der Waals surface area contributed by atoms with Gasteiger partial charge in [0.1, 0.15) is 0 Å². The molecule has 0 heterocycles. The predicted octanol–water partition coefficient (Wildman–Crippen LogP) is 10.4. The Kier molecular flexibility index (Phi) is 9.25. The highest BCUT2D eigenvalue weighted by Gasteiger charge is 2.41. The minimum atomic E-state index is -4.21. The molecule has 2 aliphatic rings. The van der Waals surface area contributed by atoms with Crippen molar-refractivity contribution >= 4 is 43.9 Å². The van der Waals surface area contributed by atoms with Gasteiger partial charge in [-0.15, -0.1) is 0 Å². The van der Waals surface area contributed by atoms with E-state index >= 15 is 0 Å². The Morgan fingerprint density at radius 1 is 0.448 bits per heavy atom. The molecule has 0 N–H and O–H groups in total. The summed E-state index contributed by atoms with van der Waals surface area (Å²) in [7, 11) is -5.08. The number of benzene rings is 6. The molecule has 2 aliphatic carbocycles. The third-order valence-electron chi connectivity index (χ3n) is 11.2. The molecule has 0 spiro atoms. The van der Waals surface area contributed by atoms with Gasteiger partial charge >= 0.3 is 0 Å². The van der Waals surface area contributed by atoms with Crippen LogP contribution >= 0.6 is 0 Å². The molecule has 6 nitrogen and oxygen atoms in total. The third kappa shape index (κ3) is 6.30. The minimum absolute atomic E-state index is 0.0638. The van der Waals surface area contributed by atoms with Gasteiger partial charge in [-0.25, -0.2) is 8.42 Å². The normalized spacial score (nSPS) is 14.4. The minimum Gasteiger partial charge on any atom is -0.289 e. The van der Waals surface area contributed by atoms with Crippen molar-refractivity contribution in [3.63, 3.8) is 0 Å². The lowest BCUT2D eigenvalue weighted by Gasteiger charge is -2.26. The van der Waals surface area contributed by atoms with Gasteiger partial charge in [0.15, 0.2) is 37.8 Å². The van der Waals surface area contributed by atoms with Crippen LogP contribution in [0.1, 0.15) is 127 Å². The molecule has 290 valence electrons. The summed E-state index contributed by atoms with van der Waals surface area (Å²) in [5, 5.41) is 0. The zero-order chi connectivity index (χ0) is 41.6. The van der Waals surface area contributed by atoms with Crippen molar-refractivity contribution in [2.45, 2.75) is 90.7 Å². The highest BCUT2D eigenvalue weighted by Crippen LogP contribution is 2.44. The Morgan fingerprint density at radius 3 is 1.45 bits per heavy atom. The van der Waals surface area contributed by atoms with Crippen LogP contribution in [0, 0.1) is 13.8 Å². The van der Waals surface area contributed by atoms with E-state index in [1.807, 2.05) is 39.0 Å². The molecule has 6 aromatic rings. The maximum absolute atomic E-state index is 14.7. The SMILES string of the molecule is Cc1ccc(C(C)(C)C)cc1[S+](c1ccc2c(c1)C(=O)c1ccccc1C2=O)c1cc(C)c(S(=O)(=O)c2ccc3c(c2)C(=O)c2ccccc2C3=O)cc1C(C)(C)C. The first kappa shape index (κ1) is 39.1. The summed E-state index contributed by atoms with van der Waals surface area (Å²) in [6, 6.07) is 33.4. The lowest BCUT2D eigenvalue weighted by Crippen LogP contribution is -2.23. The fourth-order valence-corrected chi connectivity index (χ4v) is 12.2. The second-order valence-corrected chi connectivity index (χ2v) is 21.1. The van der Waals surface area contributed by atoms with E-state index in [2.05, 4.69) is 45.9 Å². The van der Waals surface area contributed by atoms with E-state index in [1.54, 1.807) is 67.6 Å². The van der Waals surface area contributed by atoms with Crippen LogP contribution in [0.15, 0.2) is 140 Å². The average molecular weight is 804 g/mol. The van der Waals surface area contributed by atoms with Crippen LogP contribution in [0.4, 0.5) is 0 Å². The number of carbonyl (C=O) groups is 4. The quantitative estimate of drug-likeness (QED) is 0.161. The first-order valence-electron chi connectivity index (χ1n) is 19.2. The van der Waals surface area contributed by atoms with E-state index in [0.717, 1.165) is 31.4 Å². The zero-order valence-electron chi connectivity index (χ0n) is 33.7. The highest BCUT2D eigenvalue weighted by molar-refractivity contribution is 7.97. The number of rotatable bonds is 5. The molecule has 0 bridgehead atoms. The molecular formula is C50H43O6S2+. The van der Waals surface area contributed by atoms with Gasteiger partial charge in [0.25, 0.3) is 0 Å². The van der Waals surface area contributed by atoms with Crippen molar-refractivity contribution in [1.82, 2.24) is 0 Å². The lowest BCUT2D eigenvalue weighted by atomic mass is 9.84. The van der Waals surface area contributed by atoms with Gasteiger partial charge in [0, 0.05) is 61.7 Å². The maximum Gasteiger partial charge on any atom is 0.206 e. The van der Waals surface area contributed by atoms with E-state index in [9.17, 15) is 27.6 Å². The van der Waals surface area contributed by atoms with Gasteiger partial charge in [0.2, 0.25) is 9.84 Å². The average Bonchev–Trinajstić information content (AvgIpc) is 3.18. The van der Waals surface area contributed by atoms with Crippen molar-refractivity contribution in [3.05, 3.63) is 182 Å². The molecule has 1 unspecified atom stereocenters. The molecule has 0 aliphatic heterocycles. The number of fused-ring (bicyclic) bond motifs is 4. The predicted molar refractivity (Wildman–Crippen MR) is 227 cm³/mol. The third-order valence-corrected chi connectivity index (χ3v) is 15.5. The van der Waals surface area contributed by atoms with Crippen LogP contribution in [0.3, 0.4) is 0 Å². The number of sulfone groups is 1. The van der Waals surface area contributed by atoms with Gasteiger partial charge in [0.05, 0.1) is 20.7 Å². The standard InChI is InChI=1S/C50H43O6S2/c1-28-17-18-30(49(3,4)5)24-42(28)57(31-19-21-37-39(25-31)47(53)35-15-11-9-13-33(35)45(37)51)43-23-29(2)44(27-41(43)50(6,7)8)58(55,56)32-20-22-38-40(26-32)48(54)36-16-12-10-14-34(36)46(38)52/h9-27H,1-8H3/q+1. The number of hydrogen-bond acceptors (Lipinski definition) is 6. The summed E-state index contributed by atoms with van der Waals surface area (Å²) in [4.78, 5) is 57.5. The van der Waals surface area contributed by atoms with Crippen molar-refractivity contribution in [2.75, 3.05) is 0 Å². The van der Waals surface area contributed by atoms with Crippen molar-refractivity contribution in [1.29, 1.82) is 0 Å². The topological polar surface area (TPSA) is 102 Å². The largest absolute Gasteiger partial charge is 0.289 e. The number of aryl methyl sites for hydroxylation is 2. The van der Waals surface area contributed by atoms with Crippen molar-refractivity contribution in [3.8, 4) is 0 Å². The highest BCUT2D eigenvalue weighted by atomic mass is 32.2. The van der Waals surface area contributed by atoms with Crippen LogP contribution in [0.5, 0.6) is 0 Å². The van der Waals surface area contributed by atoms with E-state index in [1.165, 1.54) is 18.2 Å². The summed E-state index contributed by atoms with van der Waals surface area (Å²) in [5.41, 5.74) is 4.99. The number of hydrogen-bond donors (Lipinski definition) is 0. The molecule has 0 saturated carbocycles. The number of ketones is 4. The summed E-state index contributed by atoms with van der Waals surface area (Å²) in [5.74, 6) is -1.12. The van der Waals surface area contributed by atoms with E-state index < -0.39 is 31.9 Å². The molecule has 6 aromatic carbocycles. The van der Waals surface area contributed by atoms with Crippen LogP contribution in [0.25, 0.3) is 0 Å². The Hall–Kier alpha value is -5.70. The van der Waals surface area contributed by atoms with Gasteiger partial charge in [-0.05, 0) is 84.3 Å². The Bertz CT molecular complexity index is 2920. The van der Waals surface area contributed by atoms with Gasteiger partial charge < -0.3 is 0 Å². The monoisotopic (exact) mass is 803 g/mol.